The van der Waals surface area contributed by atoms with E-state index in [0.717, 1.165) is 36.5 Å². The number of nitrogens with one attached hydrogen (secondary N) is 3. The molecule has 0 heterocycles. The minimum absolute atomic E-state index is 0.146. The van der Waals surface area contributed by atoms with Crippen LogP contribution in [0.3, 0.4) is 0 Å². The molecule has 6 nitrogen and oxygen atoms in total. The number of unbranched alkanes of at least 4 members (excludes halogenated alkanes) is 2. The van der Waals surface area contributed by atoms with E-state index in [-0.39, 0.29) is 17.4 Å². The second-order valence-corrected chi connectivity index (χ2v) is 8.71. The van der Waals surface area contributed by atoms with Crippen LogP contribution in [-0.2, 0) is 17.6 Å². The molecule has 0 saturated carbocycles. The van der Waals surface area contributed by atoms with Crippen LogP contribution < -0.4 is 16.0 Å². The molecule has 1 aliphatic carbocycles. The molecule has 0 aliphatic heterocycles. The lowest BCUT2D eigenvalue weighted by atomic mass is 9.96. The van der Waals surface area contributed by atoms with Gasteiger partial charge in [0, 0.05) is 41.5 Å². The molecule has 0 spiro atoms. The van der Waals surface area contributed by atoms with Crippen LogP contribution in [-0.4, -0.2) is 31.2 Å². The first-order chi connectivity index (χ1) is 17.5. The number of rotatable bonds is 10. The van der Waals surface area contributed by atoms with Gasteiger partial charge in [-0.15, -0.1) is 0 Å². The zero-order valence-electron chi connectivity index (χ0n) is 19.7. The van der Waals surface area contributed by atoms with Gasteiger partial charge in [0.15, 0.2) is 5.78 Å². The minimum Gasteiger partial charge on any atom is -0.359 e. The summed E-state index contributed by atoms with van der Waals surface area (Å²) in [6.45, 7) is 1.13. The SMILES string of the molecule is O=CNCCCCCNC(=O)c1ccc2c(c1)C(=O)c1ccc(Nc3ccc(F)cc3F)cc1CC2. The van der Waals surface area contributed by atoms with E-state index in [0.29, 0.717) is 54.7 Å². The molecular weight excluding hydrogens is 464 g/mol. The summed E-state index contributed by atoms with van der Waals surface area (Å²) in [5.74, 6) is -1.74. The summed E-state index contributed by atoms with van der Waals surface area (Å²) < 4.78 is 27.2. The molecule has 0 unspecified atom stereocenters. The van der Waals surface area contributed by atoms with Gasteiger partial charge < -0.3 is 16.0 Å². The van der Waals surface area contributed by atoms with Crippen molar-refractivity contribution >= 4 is 29.5 Å². The van der Waals surface area contributed by atoms with Crippen LogP contribution >= 0.6 is 0 Å². The molecule has 3 aromatic carbocycles. The zero-order chi connectivity index (χ0) is 25.5. The van der Waals surface area contributed by atoms with E-state index in [4.69, 9.17) is 0 Å². The normalized spacial score (nSPS) is 12.2. The van der Waals surface area contributed by atoms with Crippen LogP contribution in [0.4, 0.5) is 20.2 Å². The largest absolute Gasteiger partial charge is 0.359 e. The molecule has 36 heavy (non-hydrogen) atoms. The van der Waals surface area contributed by atoms with Crippen LogP contribution in [0.15, 0.2) is 54.6 Å². The lowest BCUT2D eigenvalue weighted by Gasteiger charge is -2.11. The number of hydrogen-bond acceptors (Lipinski definition) is 4. The third-order valence-electron chi connectivity index (χ3n) is 6.21. The number of halogens is 2. The zero-order valence-corrected chi connectivity index (χ0v) is 19.7. The first kappa shape index (κ1) is 25.0. The Labute approximate surface area is 208 Å². The van der Waals surface area contributed by atoms with E-state index in [9.17, 15) is 23.2 Å². The van der Waals surface area contributed by atoms with Crippen LogP contribution in [0.5, 0.6) is 0 Å². The van der Waals surface area contributed by atoms with E-state index in [2.05, 4.69) is 16.0 Å². The van der Waals surface area contributed by atoms with E-state index < -0.39 is 11.6 Å². The first-order valence-corrected chi connectivity index (χ1v) is 11.9. The third kappa shape index (κ3) is 5.94. The first-order valence-electron chi connectivity index (χ1n) is 11.9. The Hall–Kier alpha value is -4.07. The number of carbonyl (C=O) groups is 3. The Kier molecular flexibility index (Phi) is 8.05. The lowest BCUT2D eigenvalue weighted by molar-refractivity contribution is -0.109. The highest BCUT2D eigenvalue weighted by molar-refractivity contribution is 6.12. The van der Waals surface area contributed by atoms with Gasteiger partial charge in [-0.05, 0) is 85.7 Å². The monoisotopic (exact) mass is 491 g/mol. The van der Waals surface area contributed by atoms with Crippen molar-refractivity contribution in [3.8, 4) is 0 Å². The van der Waals surface area contributed by atoms with Gasteiger partial charge in [0.05, 0.1) is 5.69 Å². The molecule has 0 aromatic heterocycles. The summed E-state index contributed by atoms with van der Waals surface area (Å²) in [7, 11) is 0. The Morgan fingerprint density at radius 2 is 1.67 bits per heavy atom. The van der Waals surface area contributed by atoms with E-state index in [1.807, 2.05) is 6.07 Å². The molecule has 186 valence electrons. The fourth-order valence-electron chi connectivity index (χ4n) is 4.30. The average molecular weight is 492 g/mol. The maximum Gasteiger partial charge on any atom is 0.251 e. The number of aryl methyl sites for hydroxylation is 2. The summed E-state index contributed by atoms with van der Waals surface area (Å²) >= 11 is 0. The van der Waals surface area contributed by atoms with E-state index in [1.165, 1.54) is 12.1 Å². The van der Waals surface area contributed by atoms with Crippen LogP contribution in [0, 0.1) is 11.6 Å². The lowest BCUT2D eigenvalue weighted by Crippen LogP contribution is -2.25. The van der Waals surface area contributed by atoms with Crippen LogP contribution in [0.25, 0.3) is 0 Å². The van der Waals surface area contributed by atoms with Gasteiger partial charge in [-0.25, -0.2) is 8.78 Å². The van der Waals surface area contributed by atoms with Gasteiger partial charge in [0.2, 0.25) is 6.41 Å². The summed E-state index contributed by atoms with van der Waals surface area (Å²) in [6.07, 6.45) is 4.42. The van der Waals surface area contributed by atoms with Gasteiger partial charge in [0.25, 0.3) is 5.91 Å². The Morgan fingerprint density at radius 3 is 2.47 bits per heavy atom. The van der Waals surface area contributed by atoms with E-state index >= 15 is 0 Å². The molecule has 3 aromatic rings. The highest BCUT2D eigenvalue weighted by Crippen LogP contribution is 2.29. The smallest absolute Gasteiger partial charge is 0.251 e. The fourth-order valence-corrected chi connectivity index (χ4v) is 4.30. The number of benzene rings is 3. The van der Waals surface area contributed by atoms with Gasteiger partial charge in [-0.3, -0.25) is 14.4 Å². The van der Waals surface area contributed by atoms with Crippen molar-refractivity contribution in [1.82, 2.24) is 10.6 Å². The molecule has 0 fully saturated rings. The van der Waals surface area contributed by atoms with Gasteiger partial charge in [-0.2, -0.15) is 0 Å². The molecule has 3 N–H and O–H groups in total. The molecule has 2 amide bonds. The molecule has 8 heteroatoms. The fraction of sp³-hybridized carbons (Fsp3) is 0.250. The summed E-state index contributed by atoms with van der Waals surface area (Å²) in [5.41, 5.74) is 3.91. The van der Waals surface area contributed by atoms with Crippen molar-refractivity contribution in [3.63, 3.8) is 0 Å². The second kappa shape index (κ2) is 11.6. The van der Waals surface area contributed by atoms with Gasteiger partial charge >= 0.3 is 0 Å². The molecule has 0 saturated heterocycles. The summed E-state index contributed by atoms with van der Waals surface area (Å²) in [5, 5.41) is 8.43. The Morgan fingerprint density at radius 1 is 0.861 bits per heavy atom. The van der Waals surface area contributed by atoms with Gasteiger partial charge in [0.1, 0.15) is 11.6 Å². The quantitative estimate of drug-likeness (QED) is 0.284. The van der Waals surface area contributed by atoms with Gasteiger partial charge in [-0.1, -0.05) is 6.07 Å². The molecule has 4 rings (SSSR count). The second-order valence-electron chi connectivity index (χ2n) is 8.71. The minimum atomic E-state index is -0.700. The number of fused-ring (bicyclic) bond motifs is 2. The Bertz CT molecular complexity index is 1290. The van der Waals surface area contributed by atoms with Crippen molar-refractivity contribution < 1.29 is 23.2 Å². The van der Waals surface area contributed by atoms with E-state index in [1.54, 1.807) is 30.3 Å². The van der Waals surface area contributed by atoms with Crippen LogP contribution in [0.1, 0.15) is 56.7 Å². The van der Waals surface area contributed by atoms with Crippen molar-refractivity contribution in [2.45, 2.75) is 32.1 Å². The standard InChI is InChI=1S/C28H27F2N3O3/c29-21-8-11-26(25(30)16-21)33-22-9-10-23-19(14-22)6-4-18-5-7-20(15-24(18)27(23)35)28(36)32-13-3-1-2-12-31-17-34/h5,7-11,14-17,33H,1-4,6,12-13H2,(H,31,34)(H,32,36). The Balaban J connectivity index is 1.44. The number of amides is 2. The van der Waals surface area contributed by atoms with Crippen molar-refractivity contribution in [3.05, 3.63) is 94.0 Å². The molecule has 1 aliphatic rings. The number of ketones is 1. The maximum absolute atomic E-state index is 14.0. The average Bonchev–Trinajstić information content (AvgIpc) is 3.01. The molecule has 0 atom stereocenters. The van der Waals surface area contributed by atoms with Crippen molar-refractivity contribution in [2.24, 2.45) is 0 Å². The topological polar surface area (TPSA) is 87.3 Å². The number of hydrogen-bond donors (Lipinski definition) is 3. The summed E-state index contributed by atoms with van der Waals surface area (Å²) in [4.78, 5) is 36.2. The highest BCUT2D eigenvalue weighted by Gasteiger charge is 2.23. The molecule has 0 bridgehead atoms. The molecular formula is C28H27F2N3O3. The number of anilines is 2. The predicted octanol–water partition coefficient (Wildman–Crippen LogP) is 4.68. The summed E-state index contributed by atoms with van der Waals surface area (Å²) in [6, 6.07) is 13.7. The highest BCUT2D eigenvalue weighted by atomic mass is 19.1. The third-order valence-corrected chi connectivity index (χ3v) is 6.21. The van der Waals surface area contributed by atoms with Crippen molar-refractivity contribution in [1.29, 1.82) is 0 Å². The van der Waals surface area contributed by atoms with Crippen molar-refractivity contribution in [2.75, 3.05) is 18.4 Å². The molecule has 0 radical (unpaired) electrons. The number of carbonyl (C=O) groups excluding carboxylic acids is 3. The maximum atomic E-state index is 14.0. The predicted molar refractivity (Wildman–Crippen MR) is 134 cm³/mol. The van der Waals surface area contributed by atoms with Crippen LogP contribution in [0.2, 0.25) is 0 Å².